The van der Waals surface area contributed by atoms with Crippen molar-refractivity contribution < 1.29 is 4.92 Å². The van der Waals surface area contributed by atoms with Gasteiger partial charge in [0, 0.05) is 16.7 Å². The Morgan fingerprint density at radius 3 is 2.83 bits per heavy atom. The molecule has 1 rings (SSSR count). The van der Waals surface area contributed by atoms with Gasteiger partial charge in [0.2, 0.25) is 0 Å². The predicted octanol–water partition coefficient (Wildman–Crippen LogP) is 0.328. The standard InChI is InChI=1S/C7H7N3O2/c8-5-7(10(11)12)3-1-6(9)2-4-7/h1-3H,4,9H2. The maximum Gasteiger partial charge on any atom is 0.327 e. The monoisotopic (exact) mass is 165 g/mol. The molecule has 1 aliphatic carbocycles. The molecular formula is C7H7N3O2. The summed E-state index contributed by atoms with van der Waals surface area (Å²) in [7, 11) is 0. The van der Waals surface area contributed by atoms with Crippen molar-refractivity contribution in [2.45, 2.75) is 12.0 Å². The minimum Gasteiger partial charge on any atom is -0.399 e. The van der Waals surface area contributed by atoms with E-state index in [9.17, 15) is 10.1 Å². The van der Waals surface area contributed by atoms with E-state index >= 15 is 0 Å². The summed E-state index contributed by atoms with van der Waals surface area (Å²) in [6.45, 7) is 0. The Morgan fingerprint density at radius 1 is 1.83 bits per heavy atom. The summed E-state index contributed by atoms with van der Waals surface area (Å²) in [5.41, 5.74) is 4.21. The topological polar surface area (TPSA) is 92.9 Å². The van der Waals surface area contributed by atoms with E-state index in [-0.39, 0.29) is 6.42 Å². The summed E-state index contributed by atoms with van der Waals surface area (Å²) in [6, 6.07) is 1.65. The molecule has 12 heavy (non-hydrogen) atoms. The van der Waals surface area contributed by atoms with Crippen molar-refractivity contribution >= 4 is 0 Å². The maximum atomic E-state index is 10.5. The van der Waals surface area contributed by atoms with Gasteiger partial charge in [0.05, 0.1) is 6.42 Å². The van der Waals surface area contributed by atoms with E-state index in [0.29, 0.717) is 5.70 Å². The van der Waals surface area contributed by atoms with Gasteiger partial charge >= 0.3 is 5.54 Å². The van der Waals surface area contributed by atoms with Crippen molar-refractivity contribution in [3.63, 3.8) is 0 Å². The molecule has 0 amide bonds. The average molecular weight is 165 g/mol. The van der Waals surface area contributed by atoms with Crippen LogP contribution in [0.5, 0.6) is 0 Å². The molecule has 0 aromatic rings. The van der Waals surface area contributed by atoms with Crippen molar-refractivity contribution in [3.05, 3.63) is 34.0 Å². The van der Waals surface area contributed by atoms with Crippen LogP contribution in [0.4, 0.5) is 0 Å². The van der Waals surface area contributed by atoms with Gasteiger partial charge in [0.1, 0.15) is 0 Å². The largest absolute Gasteiger partial charge is 0.399 e. The maximum absolute atomic E-state index is 10.5. The van der Waals surface area contributed by atoms with Crippen LogP contribution in [0, 0.1) is 21.4 Å². The molecule has 0 bridgehead atoms. The summed E-state index contributed by atoms with van der Waals surface area (Å²) >= 11 is 0. The van der Waals surface area contributed by atoms with Crippen LogP contribution >= 0.6 is 0 Å². The van der Waals surface area contributed by atoms with Crippen molar-refractivity contribution in [1.29, 1.82) is 5.26 Å². The van der Waals surface area contributed by atoms with Crippen LogP contribution in [0.2, 0.25) is 0 Å². The zero-order valence-electron chi connectivity index (χ0n) is 6.23. The number of allylic oxidation sites excluding steroid dienone is 1. The molecular weight excluding hydrogens is 158 g/mol. The van der Waals surface area contributed by atoms with Crippen LogP contribution in [0.25, 0.3) is 0 Å². The lowest BCUT2D eigenvalue weighted by molar-refractivity contribution is -0.537. The fourth-order valence-corrected chi connectivity index (χ4v) is 0.903. The van der Waals surface area contributed by atoms with Gasteiger partial charge < -0.3 is 5.73 Å². The summed E-state index contributed by atoms with van der Waals surface area (Å²) in [5, 5.41) is 19.1. The van der Waals surface area contributed by atoms with Crippen molar-refractivity contribution in [3.8, 4) is 6.07 Å². The molecule has 0 heterocycles. The van der Waals surface area contributed by atoms with Crippen LogP contribution in [-0.2, 0) is 0 Å². The first-order valence-corrected chi connectivity index (χ1v) is 3.31. The lowest BCUT2D eigenvalue weighted by Gasteiger charge is -2.14. The normalized spacial score (nSPS) is 27.4. The third-order valence-corrected chi connectivity index (χ3v) is 1.72. The van der Waals surface area contributed by atoms with Crippen molar-refractivity contribution in [2.24, 2.45) is 5.73 Å². The molecule has 5 nitrogen and oxygen atoms in total. The number of nitrogens with zero attached hydrogens (tertiary/aromatic N) is 2. The number of rotatable bonds is 1. The van der Waals surface area contributed by atoms with Gasteiger partial charge in [0.25, 0.3) is 0 Å². The van der Waals surface area contributed by atoms with Gasteiger partial charge in [-0.25, -0.2) is 0 Å². The molecule has 0 saturated heterocycles. The van der Waals surface area contributed by atoms with E-state index in [2.05, 4.69) is 0 Å². The summed E-state index contributed by atoms with van der Waals surface area (Å²) < 4.78 is 0. The zero-order chi connectivity index (χ0) is 9.19. The molecule has 0 spiro atoms. The van der Waals surface area contributed by atoms with Gasteiger partial charge in [-0.15, -0.1) is 0 Å². The molecule has 0 radical (unpaired) electrons. The molecule has 2 N–H and O–H groups in total. The Morgan fingerprint density at radius 2 is 2.50 bits per heavy atom. The summed E-state index contributed by atoms with van der Waals surface area (Å²) in [6.07, 6.45) is 4.13. The number of hydrogen-bond donors (Lipinski definition) is 1. The number of nitrogens with two attached hydrogens (primary N) is 1. The Balaban J connectivity index is 2.98. The van der Waals surface area contributed by atoms with E-state index in [1.807, 2.05) is 0 Å². The molecule has 1 atom stereocenters. The number of nitriles is 1. The lowest BCUT2D eigenvalue weighted by atomic mass is 9.93. The Hall–Kier alpha value is -1.83. The fourth-order valence-electron chi connectivity index (χ4n) is 0.903. The third kappa shape index (κ3) is 1.14. The quantitative estimate of drug-likeness (QED) is 0.447. The highest BCUT2D eigenvalue weighted by Crippen LogP contribution is 2.21. The molecule has 62 valence electrons. The predicted molar refractivity (Wildman–Crippen MR) is 41.4 cm³/mol. The molecule has 5 heteroatoms. The van der Waals surface area contributed by atoms with E-state index in [4.69, 9.17) is 11.0 Å². The van der Waals surface area contributed by atoms with Crippen LogP contribution in [0.3, 0.4) is 0 Å². The molecule has 0 saturated carbocycles. The SMILES string of the molecule is N#CC1([N+](=O)[O-])C=CC(N)=CC1. The molecule has 1 aliphatic rings. The second-order valence-electron chi connectivity index (χ2n) is 2.53. The van der Waals surface area contributed by atoms with Crippen LogP contribution < -0.4 is 5.73 Å². The van der Waals surface area contributed by atoms with Gasteiger partial charge in [-0.3, -0.25) is 10.1 Å². The third-order valence-electron chi connectivity index (χ3n) is 1.72. The van der Waals surface area contributed by atoms with Gasteiger partial charge in [0.15, 0.2) is 6.07 Å². The van der Waals surface area contributed by atoms with E-state index < -0.39 is 10.5 Å². The van der Waals surface area contributed by atoms with Crippen molar-refractivity contribution in [2.75, 3.05) is 0 Å². The highest BCUT2D eigenvalue weighted by atomic mass is 16.6. The lowest BCUT2D eigenvalue weighted by Crippen LogP contribution is -2.35. The highest BCUT2D eigenvalue weighted by Gasteiger charge is 2.40. The number of hydrogen-bond acceptors (Lipinski definition) is 4. The van der Waals surface area contributed by atoms with Crippen LogP contribution in [0.15, 0.2) is 23.9 Å². The Kier molecular flexibility index (Phi) is 1.83. The first-order valence-electron chi connectivity index (χ1n) is 3.31. The smallest absolute Gasteiger partial charge is 0.327 e. The second kappa shape index (κ2) is 2.66. The van der Waals surface area contributed by atoms with E-state index in [1.165, 1.54) is 18.2 Å². The fraction of sp³-hybridized carbons (Fsp3) is 0.286. The van der Waals surface area contributed by atoms with Crippen LogP contribution in [-0.4, -0.2) is 10.5 Å². The summed E-state index contributed by atoms with van der Waals surface area (Å²) in [4.78, 5) is 9.87. The molecule has 0 aromatic heterocycles. The van der Waals surface area contributed by atoms with E-state index in [0.717, 1.165) is 0 Å². The minimum absolute atomic E-state index is 0.0405. The minimum atomic E-state index is -1.61. The van der Waals surface area contributed by atoms with Crippen molar-refractivity contribution in [1.82, 2.24) is 0 Å². The second-order valence-corrected chi connectivity index (χ2v) is 2.53. The summed E-state index contributed by atoms with van der Waals surface area (Å²) in [5.74, 6) is 0. The van der Waals surface area contributed by atoms with Gasteiger partial charge in [-0.05, 0) is 6.08 Å². The molecule has 0 aliphatic heterocycles. The van der Waals surface area contributed by atoms with Crippen LogP contribution in [0.1, 0.15) is 6.42 Å². The van der Waals surface area contributed by atoms with Gasteiger partial charge in [-0.2, -0.15) is 5.26 Å². The zero-order valence-corrected chi connectivity index (χ0v) is 6.23. The molecule has 0 aromatic carbocycles. The van der Waals surface area contributed by atoms with E-state index in [1.54, 1.807) is 6.07 Å². The highest BCUT2D eigenvalue weighted by molar-refractivity contribution is 5.30. The Bertz CT molecular complexity index is 313. The first-order chi connectivity index (χ1) is 5.60. The first kappa shape index (κ1) is 8.27. The molecule has 0 fully saturated rings. The number of nitro groups is 1. The van der Waals surface area contributed by atoms with Gasteiger partial charge in [-0.1, -0.05) is 6.08 Å². The molecule has 1 unspecified atom stereocenters. The average Bonchev–Trinajstić information content (AvgIpc) is 2.06. The Labute approximate surface area is 68.9 Å².